The van der Waals surface area contributed by atoms with Gasteiger partial charge in [0.15, 0.2) is 5.17 Å². The lowest BCUT2D eigenvalue weighted by atomic mass is 10.2. The van der Waals surface area contributed by atoms with Crippen molar-refractivity contribution >= 4 is 44.0 Å². The van der Waals surface area contributed by atoms with Crippen LogP contribution in [0.3, 0.4) is 0 Å². The smallest absolute Gasteiger partial charge is 0.168 e. The number of hydrogen-bond acceptors (Lipinski definition) is 4. The van der Waals surface area contributed by atoms with Crippen LogP contribution in [0.15, 0.2) is 34.2 Å². The molecule has 0 amide bonds. The third-order valence-electron chi connectivity index (χ3n) is 3.55. The van der Waals surface area contributed by atoms with Crippen molar-refractivity contribution in [2.24, 2.45) is 4.99 Å². The molecule has 3 heterocycles. The van der Waals surface area contributed by atoms with Gasteiger partial charge in [-0.15, -0.1) is 11.3 Å². The average Bonchev–Trinajstić information content (AvgIpc) is 3.01. The Hall–Kier alpha value is -1.26. The first-order valence-corrected chi connectivity index (χ1v) is 8.07. The van der Waals surface area contributed by atoms with E-state index in [1.807, 2.05) is 23.1 Å². The van der Waals surface area contributed by atoms with Crippen LogP contribution in [0.2, 0.25) is 0 Å². The molecule has 1 aromatic carbocycles. The van der Waals surface area contributed by atoms with Gasteiger partial charge in [-0.1, -0.05) is 29.5 Å². The third-order valence-corrected chi connectivity index (χ3v) is 5.71. The van der Waals surface area contributed by atoms with Crippen LogP contribution in [0.1, 0.15) is 17.4 Å². The number of hydrogen-bond donors (Lipinski definition) is 0. The van der Waals surface area contributed by atoms with Crippen LogP contribution < -0.4 is 0 Å². The van der Waals surface area contributed by atoms with Gasteiger partial charge in [-0.2, -0.15) is 0 Å². The maximum atomic E-state index is 4.56. The van der Waals surface area contributed by atoms with E-state index in [0.29, 0.717) is 0 Å². The van der Waals surface area contributed by atoms with E-state index in [9.17, 15) is 0 Å². The van der Waals surface area contributed by atoms with Crippen molar-refractivity contribution < 1.29 is 0 Å². The molecule has 0 saturated heterocycles. The number of amidine groups is 1. The summed E-state index contributed by atoms with van der Waals surface area (Å²) in [5.74, 6) is 0. The van der Waals surface area contributed by atoms with Gasteiger partial charge in [0.05, 0.1) is 17.1 Å². The zero-order valence-corrected chi connectivity index (χ0v) is 12.6. The van der Waals surface area contributed by atoms with Crippen molar-refractivity contribution in [2.45, 2.75) is 13.8 Å². The van der Waals surface area contributed by atoms with E-state index >= 15 is 0 Å². The number of aliphatic imine (C=N–C) groups is 1. The topological polar surface area (TPSA) is 15.6 Å². The Morgan fingerprint density at radius 3 is 3.00 bits per heavy atom. The molecule has 0 N–H and O–H groups in total. The van der Waals surface area contributed by atoms with Gasteiger partial charge in [-0.05, 0) is 31.4 Å². The first kappa shape index (κ1) is 11.6. The minimum absolute atomic E-state index is 0.934. The van der Waals surface area contributed by atoms with Gasteiger partial charge >= 0.3 is 0 Å². The highest BCUT2D eigenvalue weighted by atomic mass is 32.2. The van der Waals surface area contributed by atoms with E-state index in [1.54, 1.807) is 0 Å². The molecule has 0 radical (unpaired) electrons. The van der Waals surface area contributed by atoms with Crippen molar-refractivity contribution in [1.29, 1.82) is 0 Å². The molecule has 96 valence electrons. The molecular weight excluding hydrogens is 272 g/mol. The van der Waals surface area contributed by atoms with E-state index in [4.69, 9.17) is 0 Å². The highest BCUT2D eigenvalue weighted by molar-refractivity contribution is 8.17. The van der Waals surface area contributed by atoms with Crippen LogP contribution in [0.25, 0.3) is 15.8 Å². The lowest BCUT2D eigenvalue weighted by molar-refractivity contribution is 0.649. The molecule has 2 aliphatic rings. The average molecular weight is 286 g/mol. The standard InChI is InChI=1S/C15H14N2S2/c1-9-3-4-12-11(7-9)8-13(19-12)14-10(2)18-15-16-5-6-17(14)15/h3-4,7-8H,5-6H2,1-2H3. The van der Waals surface area contributed by atoms with Crippen molar-refractivity contribution in [2.75, 3.05) is 13.1 Å². The second kappa shape index (κ2) is 4.12. The first-order valence-electron chi connectivity index (χ1n) is 6.44. The molecule has 0 saturated carbocycles. The predicted molar refractivity (Wildman–Crippen MR) is 85.8 cm³/mol. The molecular formula is C15H14N2S2. The van der Waals surface area contributed by atoms with Gasteiger partial charge in [0.25, 0.3) is 0 Å². The van der Waals surface area contributed by atoms with Gasteiger partial charge < -0.3 is 4.90 Å². The Bertz CT molecular complexity index is 740. The van der Waals surface area contributed by atoms with Crippen molar-refractivity contribution in [3.8, 4) is 0 Å². The molecule has 2 nitrogen and oxygen atoms in total. The Kier molecular flexibility index (Phi) is 2.50. The zero-order valence-electron chi connectivity index (χ0n) is 10.9. The van der Waals surface area contributed by atoms with Crippen molar-refractivity contribution in [1.82, 2.24) is 4.90 Å². The summed E-state index contributed by atoms with van der Waals surface area (Å²) in [6.45, 7) is 6.32. The lowest BCUT2D eigenvalue weighted by Crippen LogP contribution is -2.19. The van der Waals surface area contributed by atoms with Gasteiger partial charge in [-0.25, -0.2) is 0 Å². The molecule has 1 aromatic heterocycles. The molecule has 0 atom stereocenters. The number of thiophene rings is 1. The largest absolute Gasteiger partial charge is 0.317 e. The van der Waals surface area contributed by atoms with Crippen molar-refractivity contribution in [3.05, 3.63) is 39.6 Å². The van der Waals surface area contributed by atoms with E-state index in [-0.39, 0.29) is 0 Å². The summed E-state index contributed by atoms with van der Waals surface area (Å²) >= 11 is 3.70. The SMILES string of the molecule is CC1=C(c2cc3cc(C)ccc3s2)N2CCN=C2S1. The maximum absolute atomic E-state index is 4.56. The number of fused-ring (bicyclic) bond motifs is 2. The van der Waals surface area contributed by atoms with E-state index in [2.05, 4.69) is 48.0 Å². The highest BCUT2D eigenvalue weighted by Crippen LogP contribution is 2.44. The molecule has 0 spiro atoms. The van der Waals surface area contributed by atoms with Crippen LogP contribution in [0, 0.1) is 6.92 Å². The van der Waals surface area contributed by atoms with Gasteiger partial charge in [0.2, 0.25) is 0 Å². The number of aryl methyl sites for hydroxylation is 1. The maximum Gasteiger partial charge on any atom is 0.168 e. The molecule has 4 rings (SSSR count). The number of rotatable bonds is 1. The van der Waals surface area contributed by atoms with E-state index in [1.165, 1.54) is 36.3 Å². The van der Waals surface area contributed by atoms with E-state index in [0.717, 1.165) is 13.1 Å². The minimum atomic E-state index is 0.934. The number of allylic oxidation sites excluding steroid dienone is 1. The Labute approximate surface area is 120 Å². The summed E-state index contributed by atoms with van der Waals surface area (Å²) in [5, 5.41) is 2.54. The summed E-state index contributed by atoms with van der Waals surface area (Å²) in [6.07, 6.45) is 0. The van der Waals surface area contributed by atoms with Gasteiger partial charge in [-0.3, -0.25) is 4.99 Å². The van der Waals surface area contributed by atoms with E-state index < -0.39 is 0 Å². The minimum Gasteiger partial charge on any atom is -0.317 e. The molecule has 0 fully saturated rings. The first-order chi connectivity index (χ1) is 9.22. The molecule has 0 aliphatic carbocycles. The molecule has 4 heteroatoms. The molecule has 2 aliphatic heterocycles. The fraction of sp³-hybridized carbons (Fsp3) is 0.267. The van der Waals surface area contributed by atoms with Crippen LogP contribution in [0.4, 0.5) is 0 Å². The molecule has 0 bridgehead atoms. The predicted octanol–water partition coefficient (Wildman–Crippen LogP) is 4.32. The zero-order chi connectivity index (χ0) is 13.0. The quantitative estimate of drug-likeness (QED) is 0.776. The number of benzene rings is 1. The molecule has 19 heavy (non-hydrogen) atoms. The summed E-state index contributed by atoms with van der Waals surface area (Å²) in [5.41, 5.74) is 2.70. The van der Waals surface area contributed by atoms with Gasteiger partial charge in [0, 0.05) is 16.1 Å². The molecule has 0 unspecified atom stereocenters. The van der Waals surface area contributed by atoms with Crippen LogP contribution >= 0.6 is 23.1 Å². The fourth-order valence-corrected chi connectivity index (χ4v) is 4.94. The fourth-order valence-electron chi connectivity index (χ4n) is 2.68. The molecule has 2 aromatic rings. The third kappa shape index (κ3) is 1.74. The van der Waals surface area contributed by atoms with Crippen LogP contribution in [-0.4, -0.2) is 23.2 Å². The number of thioether (sulfide) groups is 1. The highest BCUT2D eigenvalue weighted by Gasteiger charge is 2.31. The number of nitrogens with zero attached hydrogens (tertiary/aromatic N) is 2. The Morgan fingerprint density at radius 2 is 2.11 bits per heavy atom. The van der Waals surface area contributed by atoms with Gasteiger partial charge in [0.1, 0.15) is 0 Å². The Balaban J connectivity index is 1.86. The monoisotopic (exact) mass is 286 g/mol. The summed E-state index contributed by atoms with van der Waals surface area (Å²) in [7, 11) is 0. The summed E-state index contributed by atoms with van der Waals surface area (Å²) in [4.78, 5) is 9.68. The van der Waals surface area contributed by atoms with Crippen LogP contribution in [-0.2, 0) is 0 Å². The van der Waals surface area contributed by atoms with Crippen LogP contribution in [0.5, 0.6) is 0 Å². The summed E-state index contributed by atoms with van der Waals surface area (Å²) < 4.78 is 1.37. The lowest BCUT2D eigenvalue weighted by Gasteiger charge is -2.15. The normalized spacial score (nSPS) is 18.4. The van der Waals surface area contributed by atoms with Crippen molar-refractivity contribution in [3.63, 3.8) is 0 Å². The summed E-state index contributed by atoms with van der Waals surface area (Å²) in [6, 6.07) is 9.02. The Morgan fingerprint density at radius 1 is 1.21 bits per heavy atom. The second-order valence-corrected chi connectivity index (χ2v) is 7.24. The second-order valence-electron chi connectivity index (χ2n) is 4.97.